The van der Waals surface area contributed by atoms with E-state index in [2.05, 4.69) is 62.6 Å². The molecule has 0 atom stereocenters. The molecule has 0 bridgehead atoms. The van der Waals surface area contributed by atoms with E-state index in [0.29, 0.717) is 0 Å². The molecule has 0 aliphatic carbocycles. The van der Waals surface area contributed by atoms with Crippen molar-refractivity contribution in [2.24, 2.45) is 0 Å². The van der Waals surface area contributed by atoms with Crippen LogP contribution in [0.1, 0.15) is 33.3 Å². The van der Waals surface area contributed by atoms with E-state index in [9.17, 15) is 0 Å². The highest BCUT2D eigenvalue weighted by Gasteiger charge is 2.09. The van der Waals surface area contributed by atoms with E-state index in [-0.39, 0.29) is 0 Å². The highest BCUT2D eigenvalue weighted by molar-refractivity contribution is 5.63. The van der Waals surface area contributed by atoms with Crippen molar-refractivity contribution in [2.75, 3.05) is 36.0 Å². The van der Waals surface area contributed by atoms with Crippen LogP contribution in [-0.4, -0.2) is 26.2 Å². The van der Waals surface area contributed by atoms with Crippen LogP contribution >= 0.6 is 0 Å². The van der Waals surface area contributed by atoms with Gasteiger partial charge >= 0.3 is 0 Å². The second-order valence-electron chi connectivity index (χ2n) is 4.32. The molecule has 1 aromatic carbocycles. The van der Waals surface area contributed by atoms with Crippen molar-refractivity contribution in [1.29, 1.82) is 0 Å². The standard InChI is InChI=1S/C15H26N2/c1-6-16(7-2)14-11-10-13(5)15(12-14)17(8-3)9-4/h10-12H,6-9H2,1-5H3. The van der Waals surface area contributed by atoms with Crippen LogP contribution in [0.25, 0.3) is 0 Å². The Balaban J connectivity index is 3.09. The highest BCUT2D eigenvalue weighted by Crippen LogP contribution is 2.26. The molecule has 0 fully saturated rings. The molecule has 0 aromatic heterocycles. The topological polar surface area (TPSA) is 6.48 Å². The van der Waals surface area contributed by atoms with Crippen LogP contribution in [0.3, 0.4) is 0 Å². The molecule has 0 amide bonds. The first-order chi connectivity index (χ1) is 8.17. The first-order valence-electron chi connectivity index (χ1n) is 6.78. The van der Waals surface area contributed by atoms with Gasteiger partial charge < -0.3 is 9.80 Å². The SMILES string of the molecule is CCN(CC)c1ccc(C)c(N(CC)CC)c1. The molecular formula is C15H26N2. The van der Waals surface area contributed by atoms with Gasteiger partial charge in [0.05, 0.1) is 0 Å². The third-order valence-electron chi connectivity index (χ3n) is 3.43. The van der Waals surface area contributed by atoms with Gasteiger partial charge in [0.2, 0.25) is 0 Å². The maximum atomic E-state index is 2.42. The van der Waals surface area contributed by atoms with E-state index >= 15 is 0 Å². The predicted molar refractivity (Wildman–Crippen MR) is 78.3 cm³/mol. The molecule has 0 spiro atoms. The Morgan fingerprint density at radius 3 is 1.82 bits per heavy atom. The third kappa shape index (κ3) is 3.15. The van der Waals surface area contributed by atoms with Crippen LogP contribution in [-0.2, 0) is 0 Å². The van der Waals surface area contributed by atoms with Gasteiger partial charge in [0.15, 0.2) is 0 Å². The molecule has 0 saturated heterocycles. The maximum Gasteiger partial charge on any atom is 0.0416 e. The minimum Gasteiger partial charge on any atom is -0.372 e. The molecular weight excluding hydrogens is 208 g/mol. The Bertz CT molecular complexity index is 339. The van der Waals surface area contributed by atoms with Crippen LogP contribution in [0.15, 0.2) is 18.2 Å². The van der Waals surface area contributed by atoms with Gasteiger partial charge in [-0.1, -0.05) is 6.07 Å². The third-order valence-corrected chi connectivity index (χ3v) is 3.43. The first-order valence-corrected chi connectivity index (χ1v) is 6.78. The Morgan fingerprint density at radius 2 is 1.35 bits per heavy atom. The highest BCUT2D eigenvalue weighted by atomic mass is 15.1. The normalized spacial score (nSPS) is 10.4. The molecule has 0 aliphatic heterocycles. The van der Waals surface area contributed by atoms with Gasteiger partial charge in [-0.05, 0) is 52.3 Å². The second kappa shape index (κ2) is 6.53. The zero-order valence-electron chi connectivity index (χ0n) is 12.0. The molecule has 0 unspecified atom stereocenters. The summed E-state index contributed by atoms with van der Waals surface area (Å²) in [5.74, 6) is 0. The number of nitrogens with zero attached hydrogens (tertiary/aromatic N) is 2. The van der Waals surface area contributed by atoms with E-state index in [4.69, 9.17) is 0 Å². The molecule has 1 rings (SSSR count). The number of aryl methyl sites for hydroxylation is 1. The fourth-order valence-electron chi connectivity index (χ4n) is 2.29. The summed E-state index contributed by atoms with van der Waals surface area (Å²) in [4.78, 5) is 4.81. The molecule has 0 saturated carbocycles. The summed E-state index contributed by atoms with van der Waals surface area (Å²) in [5.41, 5.74) is 4.08. The zero-order valence-corrected chi connectivity index (χ0v) is 12.0. The quantitative estimate of drug-likeness (QED) is 0.740. The van der Waals surface area contributed by atoms with Crippen molar-refractivity contribution in [1.82, 2.24) is 0 Å². The Kier molecular flexibility index (Phi) is 5.33. The van der Waals surface area contributed by atoms with E-state index in [0.717, 1.165) is 26.2 Å². The Morgan fingerprint density at radius 1 is 0.824 bits per heavy atom. The van der Waals surface area contributed by atoms with Crippen LogP contribution < -0.4 is 9.80 Å². The maximum absolute atomic E-state index is 2.42. The summed E-state index contributed by atoms with van der Waals surface area (Å²) in [6.45, 7) is 15.3. The van der Waals surface area contributed by atoms with Gasteiger partial charge in [-0.2, -0.15) is 0 Å². The summed E-state index contributed by atoms with van der Waals surface area (Å²) in [6.07, 6.45) is 0. The molecule has 96 valence electrons. The van der Waals surface area contributed by atoms with Gasteiger partial charge in [-0.15, -0.1) is 0 Å². The van der Waals surface area contributed by atoms with Gasteiger partial charge in [0.1, 0.15) is 0 Å². The van der Waals surface area contributed by atoms with Gasteiger partial charge in [0.25, 0.3) is 0 Å². The van der Waals surface area contributed by atoms with Crippen LogP contribution in [0.4, 0.5) is 11.4 Å². The van der Waals surface area contributed by atoms with Crippen LogP contribution in [0, 0.1) is 6.92 Å². The van der Waals surface area contributed by atoms with E-state index in [1.54, 1.807) is 0 Å². The number of hydrogen-bond acceptors (Lipinski definition) is 2. The lowest BCUT2D eigenvalue weighted by Gasteiger charge is -2.27. The second-order valence-corrected chi connectivity index (χ2v) is 4.32. The number of rotatable bonds is 6. The first kappa shape index (κ1) is 13.9. The number of benzene rings is 1. The largest absolute Gasteiger partial charge is 0.372 e. The average Bonchev–Trinajstić information content (AvgIpc) is 2.35. The lowest BCUT2D eigenvalue weighted by molar-refractivity contribution is 0.848. The van der Waals surface area contributed by atoms with Gasteiger partial charge in [-0.25, -0.2) is 0 Å². The summed E-state index contributed by atoms with van der Waals surface area (Å²) < 4.78 is 0. The zero-order chi connectivity index (χ0) is 12.8. The summed E-state index contributed by atoms with van der Waals surface area (Å²) in [6, 6.07) is 6.80. The van der Waals surface area contributed by atoms with Crippen molar-refractivity contribution in [3.8, 4) is 0 Å². The molecule has 2 nitrogen and oxygen atoms in total. The summed E-state index contributed by atoms with van der Waals surface area (Å²) in [7, 11) is 0. The van der Waals surface area contributed by atoms with Crippen LogP contribution in [0.5, 0.6) is 0 Å². The number of anilines is 2. The average molecular weight is 234 g/mol. The van der Waals surface area contributed by atoms with E-state index < -0.39 is 0 Å². The molecule has 0 heterocycles. The molecule has 2 heteroatoms. The lowest BCUT2D eigenvalue weighted by Crippen LogP contribution is -2.25. The Hall–Kier alpha value is -1.18. The molecule has 0 radical (unpaired) electrons. The fraction of sp³-hybridized carbons (Fsp3) is 0.600. The number of hydrogen-bond donors (Lipinski definition) is 0. The molecule has 0 aliphatic rings. The van der Waals surface area contributed by atoms with Crippen molar-refractivity contribution in [2.45, 2.75) is 34.6 Å². The monoisotopic (exact) mass is 234 g/mol. The minimum absolute atomic E-state index is 1.07. The molecule has 0 N–H and O–H groups in total. The predicted octanol–water partition coefficient (Wildman–Crippen LogP) is 3.69. The van der Waals surface area contributed by atoms with Crippen molar-refractivity contribution in [3.63, 3.8) is 0 Å². The van der Waals surface area contributed by atoms with Gasteiger partial charge in [0, 0.05) is 37.6 Å². The lowest BCUT2D eigenvalue weighted by atomic mass is 10.1. The molecule has 1 aromatic rings. The summed E-state index contributed by atoms with van der Waals surface area (Å²) >= 11 is 0. The molecule has 17 heavy (non-hydrogen) atoms. The van der Waals surface area contributed by atoms with Crippen molar-refractivity contribution >= 4 is 11.4 Å². The van der Waals surface area contributed by atoms with Crippen LogP contribution in [0.2, 0.25) is 0 Å². The summed E-state index contributed by atoms with van der Waals surface area (Å²) in [5, 5.41) is 0. The van der Waals surface area contributed by atoms with E-state index in [1.165, 1.54) is 16.9 Å². The smallest absolute Gasteiger partial charge is 0.0416 e. The van der Waals surface area contributed by atoms with Crippen molar-refractivity contribution < 1.29 is 0 Å². The minimum atomic E-state index is 1.07. The van der Waals surface area contributed by atoms with Crippen molar-refractivity contribution in [3.05, 3.63) is 23.8 Å². The Labute approximate surface area is 106 Å². The van der Waals surface area contributed by atoms with E-state index in [1.807, 2.05) is 0 Å². The van der Waals surface area contributed by atoms with Gasteiger partial charge in [-0.3, -0.25) is 0 Å². The fourth-order valence-corrected chi connectivity index (χ4v) is 2.29.